The normalized spacial score (nSPS) is 13.9. The summed E-state index contributed by atoms with van der Waals surface area (Å²) in [6, 6.07) is 17.7. The monoisotopic (exact) mass is 390 g/mol. The van der Waals surface area contributed by atoms with E-state index >= 15 is 0 Å². The number of benzene rings is 2. The van der Waals surface area contributed by atoms with E-state index < -0.39 is 0 Å². The highest BCUT2D eigenvalue weighted by atomic mass is 32.2. The fourth-order valence-electron chi connectivity index (χ4n) is 3.29. The summed E-state index contributed by atoms with van der Waals surface area (Å²) in [6.07, 6.45) is 6.08. The minimum atomic E-state index is -0.152. The number of carbonyl (C=O) groups is 1. The lowest BCUT2D eigenvalue weighted by Gasteiger charge is -2.08. The third kappa shape index (κ3) is 4.51. The largest absolute Gasteiger partial charge is 0.322 e. The summed E-state index contributed by atoms with van der Waals surface area (Å²) in [5.41, 5.74) is 1.73. The van der Waals surface area contributed by atoms with Crippen LogP contribution in [0.5, 0.6) is 0 Å². The van der Waals surface area contributed by atoms with Gasteiger partial charge < -0.3 is 9.88 Å². The third-order valence-electron chi connectivity index (χ3n) is 4.66. The number of thioether (sulfide) groups is 1. The average molecular weight is 391 g/mol. The molecule has 1 aliphatic heterocycles. The van der Waals surface area contributed by atoms with Crippen LogP contribution < -0.4 is 5.32 Å². The highest BCUT2D eigenvalue weighted by molar-refractivity contribution is 8.02. The van der Waals surface area contributed by atoms with Crippen molar-refractivity contribution in [2.24, 2.45) is 0 Å². The molecule has 2 aromatic carbocycles. The number of aryl methyl sites for hydroxylation is 1. The van der Waals surface area contributed by atoms with Crippen molar-refractivity contribution in [3.63, 3.8) is 0 Å². The molecule has 28 heavy (non-hydrogen) atoms. The summed E-state index contributed by atoms with van der Waals surface area (Å²) in [5, 5.41) is 13.5. The van der Waals surface area contributed by atoms with Crippen LogP contribution in [0.1, 0.15) is 25.1 Å². The van der Waals surface area contributed by atoms with E-state index in [-0.39, 0.29) is 5.91 Å². The van der Waals surface area contributed by atoms with Crippen molar-refractivity contribution in [2.75, 3.05) is 5.32 Å². The first-order chi connectivity index (χ1) is 13.8. The summed E-state index contributed by atoms with van der Waals surface area (Å²) >= 11 is 1.51. The Bertz CT molecular complexity index is 981. The highest BCUT2D eigenvalue weighted by Gasteiger charge is 2.16. The van der Waals surface area contributed by atoms with Gasteiger partial charge in [0.2, 0.25) is 5.91 Å². The van der Waals surface area contributed by atoms with Crippen molar-refractivity contribution in [3.05, 3.63) is 71.9 Å². The van der Waals surface area contributed by atoms with E-state index in [1.807, 2.05) is 54.6 Å². The van der Waals surface area contributed by atoms with Gasteiger partial charge in [-0.1, -0.05) is 48.5 Å². The molecule has 5 nitrogen and oxygen atoms in total. The summed E-state index contributed by atoms with van der Waals surface area (Å²) in [5.74, 6) is 1.78. The molecule has 0 saturated heterocycles. The third-order valence-corrected chi connectivity index (χ3v) is 5.48. The van der Waals surface area contributed by atoms with Gasteiger partial charge in [0.25, 0.3) is 0 Å². The Morgan fingerprint density at radius 3 is 2.82 bits per heavy atom. The number of anilines is 1. The van der Waals surface area contributed by atoms with Crippen LogP contribution in [0, 0.1) is 0 Å². The van der Waals surface area contributed by atoms with Crippen LogP contribution in [0.2, 0.25) is 0 Å². The Labute approximate surface area is 168 Å². The number of hydrogen-bond acceptors (Lipinski definition) is 4. The first-order valence-electron chi connectivity index (χ1n) is 9.51. The van der Waals surface area contributed by atoms with Crippen molar-refractivity contribution in [3.8, 4) is 11.4 Å². The second-order valence-corrected chi connectivity index (χ2v) is 7.69. The van der Waals surface area contributed by atoms with Gasteiger partial charge in [-0.3, -0.25) is 4.79 Å². The number of rotatable bonds is 5. The minimum Gasteiger partial charge on any atom is -0.322 e. The standard InChI is InChI=1S/C22H22N4OS/c27-21(13-15-28-19-10-3-1-4-11-19)23-18-9-7-8-17(16-18)22-25-24-20-12-5-2-6-14-26(20)22/h1,3-4,7-11,13,15-16H,2,5-6,12,14H2,(H,23,27)/b15-13+. The Balaban J connectivity index is 1.44. The van der Waals surface area contributed by atoms with E-state index in [0.29, 0.717) is 0 Å². The SMILES string of the molecule is O=C(/C=C/Sc1ccccc1)Nc1cccc(-c2nnc3n2CCCCC3)c1. The van der Waals surface area contributed by atoms with E-state index in [1.54, 1.807) is 11.5 Å². The second kappa shape index (κ2) is 8.89. The van der Waals surface area contributed by atoms with Crippen molar-refractivity contribution in [2.45, 2.75) is 37.1 Å². The van der Waals surface area contributed by atoms with Crippen LogP contribution in [0.3, 0.4) is 0 Å². The molecule has 0 spiro atoms. The van der Waals surface area contributed by atoms with Gasteiger partial charge >= 0.3 is 0 Å². The van der Waals surface area contributed by atoms with Crippen LogP contribution in [0.15, 0.2) is 71.0 Å². The van der Waals surface area contributed by atoms with Gasteiger partial charge in [0.05, 0.1) is 0 Å². The number of carbonyl (C=O) groups excluding carboxylic acids is 1. The molecule has 2 heterocycles. The Kier molecular flexibility index (Phi) is 5.87. The van der Waals surface area contributed by atoms with E-state index in [0.717, 1.165) is 47.2 Å². The van der Waals surface area contributed by atoms with E-state index in [4.69, 9.17) is 0 Å². The molecule has 0 atom stereocenters. The predicted octanol–water partition coefficient (Wildman–Crippen LogP) is 4.92. The van der Waals surface area contributed by atoms with Crippen molar-refractivity contribution in [1.29, 1.82) is 0 Å². The molecule has 1 amide bonds. The molecule has 0 radical (unpaired) electrons. The van der Waals surface area contributed by atoms with Crippen molar-refractivity contribution >= 4 is 23.4 Å². The Hall–Kier alpha value is -2.86. The molecule has 0 fully saturated rings. The molecule has 1 aliphatic rings. The molecule has 1 N–H and O–H groups in total. The Morgan fingerprint density at radius 1 is 1.04 bits per heavy atom. The second-order valence-electron chi connectivity index (χ2n) is 6.71. The summed E-state index contributed by atoms with van der Waals surface area (Å²) < 4.78 is 2.21. The molecule has 0 saturated carbocycles. The lowest BCUT2D eigenvalue weighted by Crippen LogP contribution is -2.08. The van der Waals surface area contributed by atoms with Crippen LogP contribution >= 0.6 is 11.8 Å². The number of nitrogens with zero attached hydrogens (tertiary/aromatic N) is 3. The summed E-state index contributed by atoms with van der Waals surface area (Å²) in [6.45, 7) is 0.952. The van der Waals surface area contributed by atoms with Crippen LogP contribution in [-0.2, 0) is 17.8 Å². The van der Waals surface area contributed by atoms with Crippen LogP contribution in [-0.4, -0.2) is 20.7 Å². The fourth-order valence-corrected chi connectivity index (χ4v) is 3.96. The van der Waals surface area contributed by atoms with Gasteiger partial charge in [-0.15, -0.1) is 10.2 Å². The zero-order chi connectivity index (χ0) is 19.2. The summed E-state index contributed by atoms with van der Waals surface area (Å²) in [7, 11) is 0. The van der Waals surface area contributed by atoms with Gasteiger partial charge in [-0.25, -0.2) is 0 Å². The van der Waals surface area contributed by atoms with Gasteiger partial charge in [0.15, 0.2) is 5.82 Å². The first kappa shape index (κ1) is 18.5. The topological polar surface area (TPSA) is 59.8 Å². The van der Waals surface area contributed by atoms with Gasteiger partial charge in [0.1, 0.15) is 5.82 Å². The molecule has 142 valence electrons. The average Bonchev–Trinajstić information content (AvgIpc) is 2.97. The van der Waals surface area contributed by atoms with E-state index in [9.17, 15) is 4.79 Å². The van der Waals surface area contributed by atoms with Crippen molar-refractivity contribution in [1.82, 2.24) is 14.8 Å². The number of fused-ring (bicyclic) bond motifs is 1. The lowest BCUT2D eigenvalue weighted by molar-refractivity contribution is -0.111. The Morgan fingerprint density at radius 2 is 1.93 bits per heavy atom. The first-order valence-corrected chi connectivity index (χ1v) is 10.4. The lowest BCUT2D eigenvalue weighted by atomic mass is 10.2. The quantitative estimate of drug-likeness (QED) is 0.496. The zero-order valence-electron chi connectivity index (χ0n) is 15.5. The molecular formula is C22H22N4OS. The smallest absolute Gasteiger partial charge is 0.248 e. The predicted molar refractivity (Wildman–Crippen MR) is 113 cm³/mol. The molecule has 0 aliphatic carbocycles. The zero-order valence-corrected chi connectivity index (χ0v) is 16.4. The molecule has 0 unspecified atom stereocenters. The van der Waals surface area contributed by atoms with Crippen LogP contribution in [0.4, 0.5) is 5.69 Å². The number of hydrogen-bond donors (Lipinski definition) is 1. The molecule has 4 rings (SSSR count). The number of amides is 1. The van der Waals surface area contributed by atoms with Gasteiger partial charge in [-0.05, 0) is 42.5 Å². The molecule has 3 aromatic rings. The highest BCUT2D eigenvalue weighted by Crippen LogP contribution is 2.25. The molecule has 6 heteroatoms. The van der Waals surface area contributed by atoms with Crippen LogP contribution in [0.25, 0.3) is 11.4 Å². The van der Waals surface area contributed by atoms with E-state index in [2.05, 4.69) is 20.1 Å². The fraction of sp³-hybridized carbons (Fsp3) is 0.227. The molecule has 0 bridgehead atoms. The maximum atomic E-state index is 12.2. The molecular weight excluding hydrogens is 368 g/mol. The maximum Gasteiger partial charge on any atom is 0.248 e. The van der Waals surface area contributed by atoms with E-state index in [1.165, 1.54) is 24.6 Å². The number of aromatic nitrogens is 3. The van der Waals surface area contributed by atoms with Gasteiger partial charge in [0, 0.05) is 35.2 Å². The van der Waals surface area contributed by atoms with Gasteiger partial charge in [-0.2, -0.15) is 0 Å². The summed E-state index contributed by atoms with van der Waals surface area (Å²) in [4.78, 5) is 13.3. The minimum absolute atomic E-state index is 0.152. The number of nitrogens with one attached hydrogen (secondary N) is 1. The molecule has 1 aromatic heterocycles. The van der Waals surface area contributed by atoms with Crippen molar-refractivity contribution < 1.29 is 4.79 Å². The maximum absolute atomic E-state index is 12.2.